The van der Waals surface area contributed by atoms with Crippen molar-refractivity contribution >= 4 is 45.8 Å². The number of benzene rings is 2. The van der Waals surface area contributed by atoms with Crippen LogP contribution < -0.4 is 20.5 Å². The summed E-state index contributed by atoms with van der Waals surface area (Å²) in [5, 5.41) is 4.51. The third-order valence-corrected chi connectivity index (χ3v) is 6.88. The van der Waals surface area contributed by atoms with Gasteiger partial charge in [0, 0.05) is 45.4 Å². The minimum Gasteiger partial charge on any atom is -0.494 e. The molecule has 9 heteroatoms. The Morgan fingerprint density at radius 2 is 1.79 bits per heavy atom. The Bertz CT molecular complexity index is 1220. The van der Waals surface area contributed by atoms with Crippen LogP contribution in [0.5, 0.6) is 5.75 Å². The van der Waals surface area contributed by atoms with Crippen molar-refractivity contribution in [2.75, 3.05) is 51.3 Å². The van der Waals surface area contributed by atoms with Crippen LogP contribution in [0.4, 0.5) is 10.5 Å². The second-order valence-corrected chi connectivity index (χ2v) is 9.03. The zero-order valence-corrected chi connectivity index (χ0v) is 20.6. The van der Waals surface area contributed by atoms with E-state index in [-0.39, 0.29) is 5.56 Å². The Hall–Kier alpha value is -2.74. The number of carbonyl (C=O) groups excluding carboxylic acids is 1. The molecule has 1 N–H and O–H groups in total. The van der Waals surface area contributed by atoms with Gasteiger partial charge >= 0.3 is 6.03 Å². The number of fused-ring (bicyclic) bond motifs is 1. The van der Waals surface area contributed by atoms with Crippen LogP contribution in [-0.2, 0) is 0 Å². The molecule has 0 spiro atoms. The van der Waals surface area contributed by atoms with Crippen molar-refractivity contribution in [2.24, 2.45) is 0 Å². The van der Waals surface area contributed by atoms with E-state index in [0.29, 0.717) is 27.9 Å². The number of anilines is 1. The number of hydrogen-bond donors (Lipinski definition) is 1. The van der Waals surface area contributed by atoms with Crippen LogP contribution in [0.25, 0.3) is 10.9 Å². The molecule has 2 aromatic carbocycles. The maximum Gasteiger partial charge on any atom is 0.328 e. The van der Waals surface area contributed by atoms with Crippen molar-refractivity contribution in [1.29, 1.82) is 0 Å². The fourth-order valence-corrected chi connectivity index (χ4v) is 4.62. The Labute approximate surface area is 208 Å². The molecule has 1 aliphatic heterocycles. The summed E-state index contributed by atoms with van der Waals surface area (Å²) in [4.78, 5) is 29.0. The second-order valence-electron chi connectivity index (χ2n) is 8.24. The molecular formula is C25H28Cl2N4O3. The first-order valence-corrected chi connectivity index (χ1v) is 12.2. The van der Waals surface area contributed by atoms with Gasteiger partial charge in [-0.25, -0.2) is 9.36 Å². The summed E-state index contributed by atoms with van der Waals surface area (Å²) in [6.07, 6.45) is 1.93. The van der Waals surface area contributed by atoms with Crippen LogP contribution in [0.15, 0.2) is 53.3 Å². The van der Waals surface area contributed by atoms with Gasteiger partial charge in [-0.15, -0.1) is 0 Å². The van der Waals surface area contributed by atoms with Crippen molar-refractivity contribution in [3.8, 4) is 5.75 Å². The molecule has 0 radical (unpaired) electrons. The van der Waals surface area contributed by atoms with Crippen LogP contribution in [0.2, 0.25) is 10.0 Å². The van der Waals surface area contributed by atoms with E-state index in [1.165, 1.54) is 13.1 Å². The van der Waals surface area contributed by atoms with E-state index in [2.05, 4.69) is 15.1 Å². The minimum atomic E-state index is -0.467. The van der Waals surface area contributed by atoms with E-state index >= 15 is 0 Å². The summed E-state index contributed by atoms with van der Waals surface area (Å²) in [7, 11) is 1.50. The highest BCUT2D eigenvalue weighted by atomic mass is 35.5. The molecule has 1 saturated heterocycles. The second kappa shape index (κ2) is 11.1. The van der Waals surface area contributed by atoms with E-state index in [0.717, 1.165) is 61.2 Å². The van der Waals surface area contributed by atoms with E-state index in [1.54, 1.807) is 12.1 Å². The zero-order valence-electron chi connectivity index (χ0n) is 19.1. The quantitative estimate of drug-likeness (QED) is 0.482. The SMILES string of the molecule is CNC(=O)n1c(=O)ccc2ccc(OCCCCN3CCN(c4cccc(Cl)c4Cl)CC3)cc21. The molecule has 1 fully saturated rings. The van der Waals surface area contributed by atoms with E-state index < -0.39 is 6.03 Å². The van der Waals surface area contributed by atoms with Crippen LogP contribution in [0, 0.1) is 0 Å². The van der Waals surface area contributed by atoms with Gasteiger partial charge in [0.2, 0.25) is 0 Å². The average molecular weight is 503 g/mol. The van der Waals surface area contributed by atoms with Gasteiger partial charge in [-0.2, -0.15) is 0 Å². The van der Waals surface area contributed by atoms with Crippen molar-refractivity contribution in [3.05, 3.63) is 68.9 Å². The molecule has 4 rings (SSSR count). The molecular weight excluding hydrogens is 475 g/mol. The summed E-state index contributed by atoms with van der Waals surface area (Å²) in [5.74, 6) is 0.641. The average Bonchev–Trinajstić information content (AvgIpc) is 2.85. The van der Waals surface area contributed by atoms with Gasteiger partial charge in [-0.3, -0.25) is 9.69 Å². The standard InChI is InChI=1S/C25H28Cl2N4O3/c1-28-25(33)31-22-17-19(9-7-18(22)8-10-23(31)32)34-16-3-2-11-29-12-14-30(15-13-29)21-6-4-5-20(26)24(21)27/h4-10,17H,2-3,11-16H2,1H3,(H,28,33). The molecule has 0 atom stereocenters. The fraction of sp³-hybridized carbons (Fsp3) is 0.360. The smallest absolute Gasteiger partial charge is 0.328 e. The third kappa shape index (κ3) is 5.49. The number of aromatic nitrogens is 1. The highest BCUT2D eigenvalue weighted by Crippen LogP contribution is 2.32. The molecule has 34 heavy (non-hydrogen) atoms. The number of carbonyl (C=O) groups is 1. The number of pyridine rings is 1. The number of nitrogens with zero attached hydrogens (tertiary/aromatic N) is 3. The first-order valence-electron chi connectivity index (χ1n) is 11.4. The predicted octanol–water partition coefficient (Wildman–Crippen LogP) is 4.48. The zero-order chi connectivity index (χ0) is 24.1. The number of amides is 1. The number of rotatable bonds is 7. The van der Waals surface area contributed by atoms with Gasteiger partial charge in [0.05, 0.1) is 27.9 Å². The number of piperazine rings is 1. The van der Waals surface area contributed by atoms with Gasteiger partial charge in [-0.05, 0) is 55.1 Å². The lowest BCUT2D eigenvalue weighted by Gasteiger charge is -2.36. The van der Waals surface area contributed by atoms with Crippen molar-refractivity contribution < 1.29 is 9.53 Å². The predicted molar refractivity (Wildman–Crippen MR) is 138 cm³/mol. The summed E-state index contributed by atoms with van der Waals surface area (Å²) in [6, 6.07) is 13.9. The number of unbranched alkanes of at least 4 members (excludes halogenated alkanes) is 1. The molecule has 0 aliphatic carbocycles. The summed E-state index contributed by atoms with van der Waals surface area (Å²) < 4.78 is 7.03. The molecule has 1 aliphatic rings. The van der Waals surface area contributed by atoms with Crippen LogP contribution >= 0.6 is 23.2 Å². The lowest BCUT2D eigenvalue weighted by Crippen LogP contribution is -2.46. The normalized spacial score (nSPS) is 14.4. The van der Waals surface area contributed by atoms with E-state index in [4.69, 9.17) is 27.9 Å². The molecule has 0 bridgehead atoms. The van der Waals surface area contributed by atoms with E-state index in [1.807, 2.05) is 30.3 Å². The fourth-order valence-electron chi connectivity index (χ4n) is 4.20. The van der Waals surface area contributed by atoms with Crippen LogP contribution in [0.1, 0.15) is 12.8 Å². The number of ether oxygens (including phenoxy) is 1. The molecule has 1 aromatic heterocycles. The summed E-state index contributed by atoms with van der Waals surface area (Å²) in [5.41, 5.74) is 1.16. The van der Waals surface area contributed by atoms with Crippen molar-refractivity contribution in [3.63, 3.8) is 0 Å². The van der Waals surface area contributed by atoms with Gasteiger partial charge in [0.1, 0.15) is 5.75 Å². The molecule has 3 aromatic rings. The molecule has 0 unspecified atom stereocenters. The Balaban J connectivity index is 1.24. The highest BCUT2D eigenvalue weighted by molar-refractivity contribution is 6.43. The molecule has 180 valence electrons. The monoisotopic (exact) mass is 502 g/mol. The van der Waals surface area contributed by atoms with Crippen molar-refractivity contribution in [2.45, 2.75) is 12.8 Å². The van der Waals surface area contributed by atoms with Gasteiger partial charge < -0.3 is 15.0 Å². The topological polar surface area (TPSA) is 66.8 Å². The largest absolute Gasteiger partial charge is 0.494 e. The van der Waals surface area contributed by atoms with Crippen LogP contribution in [0.3, 0.4) is 0 Å². The first kappa shape index (κ1) is 24.4. The third-order valence-electron chi connectivity index (χ3n) is 6.07. The molecule has 0 saturated carbocycles. The minimum absolute atomic E-state index is 0.373. The number of halogens is 2. The van der Waals surface area contributed by atoms with Gasteiger partial charge in [-0.1, -0.05) is 29.3 Å². The molecule has 2 heterocycles. The molecule has 1 amide bonds. The summed E-state index contributed by atoms with van der Waals surface area (Å²) in [6.45, 7) is 5.37. The lowest BCUT2D eigenvalue weighted by molar-refractivity contribution is 0.238. The maximum absolute atomic E-state index is 12.2. The van der Waals surface area contributed by atoms with Gasteiger partial charge in [0.15, 0.2) is 0 Å². The van der Waals surface area contributed by atoms with E-state index in [9.17, 15) is 9.59 Å². The highest BCUT2D eigenvalue weighted by Gasteiger charge is 2.19. The Morgan fingerprint density at radius 3 is 2.56 bits per heavy atom. The number of nitrogens with one attached hydrogen (secondary N) is 1. The Morgan fingerprint density at radius 1 is 1.03 bits per heavy atom. The Kier molecular flexibility index (Phi) is 7.98. The first-order chi connectivity index (χ1) is 16.5. The van der Waals surface area contributed by atoms with Gasteiger partial charge in [0.25, 0.3) is 5.56 Å². The summed E-state index contributed by atoms with van der Waals surface area (Å²) >= 11 is 12.5. The lowest BCUT2D eigenvalue weighted by atomic mass is 10.2. The maximum atomic E-state index is 12.2. The van der Waals surface area contributed by atoms with Crippen LogP contribution in [-0.4, -0.2) is 61.9 Å². The molecule has 7 nitrogen and oxygen atoms in total. The van der Waals surface area contributed by atoms with Crippen molar-refractivity contribution in [1.82, 2.24) is 14.8 Å². The number of hydrogen-bond acceptors (Lipinski definition) is 5.